The van der Waals surface area contributed by atoms with Gasteiger partial charge in [0.1, 0.15) is 23.0 Å². The third-order valence-corrected chi connectivity index (χ3v) is 2.70. The van der Waals surface area contributed by atoms with Gasteiger partial charge in [-0.2, -0.15) is 0 Å². The summed E-state index contributed by atoms with van der Waals surface area (Å²) in [5.74, 6) is 2.42. The van der Waals surface area contributed by atoms with Gasteiger partial charge in [0.15, 0.2) is 0 Å². The first kappa shape index (κ1) is 14.2. The smallest absolute Gasteiger partial charge is 0.142 e. The van der Waals surface area contributed by atoms with E-state index in [2.05, 4.69) is 10.5 Å². The molecule has 1 N–H and O–H groups in total. The second-order valence-corrected chi connectivity index (χ2v) is 4.31. The monoisotopic (exact) mass is 276 g/mol. The van der Waals surface area contributed by atoms with Gasteiger partial charge in [-0.3, -0.25) is 0 Å². The zero-order chi connectivity index (χ0) is 14.4. The molecule has 0 aliphatic heterocycles. The zero-order valence-corrected chi connectivity index (χ0v) is 12.1. The second-order valence-electron chi connectivity index (χ2n) is 4.31. The van der Waals surface area contributed by atoms with Crippen molar-refractivity contribution < 1.29 is 14.0 Å². The van der Waals surface area contributed by atoms with Gasteiger partial charge in [0.05, 0.1) is 25.4 Å². The summed E-state index contributed by atoms with van der Waals surface area (Å²) in [7, 11) is 0. The summed E-state index contributed by atoms with van der Waals surface area (Å²) in [6.45, 7) is 7.62. The quantitative estimate of drug-likeness (QED) is 0.840. The minimum absolute atomic E-state index is 0.576. The van der Waals surface area contributed by atoms with E-state index in [0.29, 0.717) is 19.8 Å². The van der Waals surface area contributed by atoms with E-state index in [4.69, 9.17) is 14.0 Å². The maximum absolute atomic E-state index is 5.60. The van der Waals surface area contributed by atoms with Crippen LogP contribution in [0.4, 0.5) is 5.69 Å². The highest BCUT2D eigenvalue weighted by Gasteiger charge is 2.07. The first-order chi connectivity index (χ1) is 9.72. The highest BCUT2D eigenvalue weighted by molar-refractivity contribution is 5.59. The third-order valence-electron chi connectivity index (χ3n) is 2.70. The number of anilines is 1. The zero-order valence-electron chi connectivity index (χ0n) is 12.1. The Morgan fingerprint density at radius 1 is 1.15 bits per heavy atom. The molecule has 0 unspecified atom stereocenters. The number of hydrogen-bond donors (Lipinski definition) is 1. The molecule has 20 heavy (non-hydrogen) atoms. The van der Waals surface area contributed by atoms with E-state index in [1.54, 1.807) is 0 Å². The van der Waals surface area contributed by atoms with Gasteiger partial charge in [-0.1, -0.05) is 5.16 Å². The number of nitrogens with zero attached hydrogens (tertiary/aromatic N) is 1. The molecule has 1 heterocycles. The van der Waals surface area contributed by atoms with Crippen LogP contribution in [-0.4, -0.2) is 18.4 Å². The number of benzene rings is 1. The van der Waals surface area contributed by atoms with Crippen LogP contribution in [0.3, 0.4) is 0 Å². The average Bonchev–Trinajstić information content (AvgIpc) is 2.85. The number of hydrogen-bond acceptors (Lipinski definition) is 5. The molecular weight excluding hydrogens is 256 g/mol. The van der Waals surface area contributed by atoms with Crippen LogP contribution in [0.1, 0.15) is 25.3 Å². The molecule has 0 radical (unpaired) electrons. The molecule has 2 aromatic rings. The van der Waals surface area contributed by atoms with Crippen LogP contribution >= 0.6 is 0 Å². The lowest BCUT2D eigenvalue weighted by molar-refractivity contribution is 0.331. The molecule has 0 spiro atoms. The van der Waals surface area contributed by atoms with Crippen molar-refractivity contribution in [2.45, 2.75) is 27.3 Å². The molecular formula is C15H20N2O3. The van der Waals surface area contributed by atoms with E-state index in [-0.39, 0.29) is 0 Å². The second kappa shape index (κ2) is 6.84. The van der Waals surface area contributed by atoms with Gasteiger partial charge in [0.2, 0.25) is 0 Å². The van der Waals surface area contributed by atoms with Gasteiger partial charge >= 0.3 is 0 Å². The fourth-order valence-electron chi connectivity index (χ4n) is 1.87. The molecule has 2 rings (SSSR count). The molecule has 0 saturated carbocycles. The largest absolute Gasteiger partial charge is 0.494 e. The molecule has 0 aliphatic rings. The van der Waals surface area contributed by atoms with Gasteiger partial charge < -0.3 is 19.3 Å². The van der Waals surface area contributed by atoms with Crippen LogP contribution in [0, 0.1) is 6.92 Å². The van der Waals surface area contributed by atoms with E-state index >= 15 is 0 Å². The Morgan fingerprint density at radius 2 is 1.95 bits per heavy atom. The summed E-state index contributed by atoms with van der Waals surface area (Å²) < 4.78 is 16.2. The Hall–Kier alpha value is -2.17. The lowest BCUT2D eigenvalue weighted by atomic mass is 10.2. The Kier molecular flexibility index (Phi) is 4.87. The first-order valence-electron chi connectivity index (χ1n) is 6.78. The molecule has 0 amide bonds. The third kappa shape index (κ3) is 3.66. The van der Waals surface area contributed by atoms with Crippen molar-refractivity contribution in [3.63, 3.8) is 0 Å². The van der Waals surface area contributed by atoms with E-state index in [1.807, 2.05) is 45.0 Å². The number of aromatic nitrogens is 1. The van der Waals surface area contributed by atoms with E-state index in [9.17, 15) is 0 Å². The number of ether oxygens (including phenoxy) is 2. The molecule has 0 fully saturated rings. The summed E-state index contributed by atoms with van der Waals surface area (Å²) in [6.07, 6.45) is 0. The predicted molar refractivity (Wildman–Crippen MR) is 77.3 cm³/mol. The minimum Gasteiger partial charge on any atom is -0.494 e. The normalized spacial score (nSPS) is 10.3. The first-order valence-corrected chi connectivity index (χ1v) is 6.78. The van der Waals surface area contributed by atoms with E-state index in [1.165, 1.54) is 0 Å². The Bertz CT molecular complexity index is 552. The van der Waals surface area contributed by atoms with Crippen molar-refractivity contribution in [1.82, 2.24) is 5.16 Å². The van der Waals surface area contributed by atoms with Gasteiger partial charge in [-0.25, -0.2) is 0 Å². The van der Waals surface area contributed by atoms with Crippen molar-refractivity contribution in [1.29, 1.82) is 0 Å². The number of aryl methyl sites for hydroxylation is 1. The fourth-order valence-corrected chi connectivity index (χ4v) is 1.87. The summed E-state index contributed by atoms with van der Waals surface area (Å²) in [4.78, 5) is 0. The van der Waals surface area contributed by atoms with Crippen LogP contribution < -0.4 is 14.8 Å². The predicted octanol–water partition coefficient (Wildman–Crippen LogP) is 3.39. The molecule has 0 bridgehead atoms. The summed E-state index contributed by atoms with van der Waals surface area (Å²) in [5.41, 5.74) is 1.74. The van der Waals surface area contributed by atoms with Crippen LogP contribution in [0.5, 0.6) is 11.5 Å². The molecule has 5 nitrogen and oxygen atoms in total. The lowest BCUT2D eigenvalue weighted by Gasteiger charge is -2.13. The summed E-state index contributed by atoms with van der Waals surface area (Å²) >= 11 is 0. The van der Waals surface area contributed by atoms with E-state index < -0.39 is 0 Å². The molecule has 0 aliphatic carbocycles. The van der Waals surface area contributed by atoms with Crippen molar-refractivity contribution in [2.75, 3.05) is 18.5 Å². The maximum atomic E-state index is 5.60. The fraction of sp³-hybridized carbons (Fsp3) is 0.400. The van der Waals surface area contributed by atoms with Crippen molar-refractivity contribution in [3.8, 4) is 11.5 Å². The number of nitrogens with one attached hydrogen (secondary N) is 1. The van der Waals surface area contributed by atoms with E-state index in [0.717, 1.165) is 28.6 Å². The van der Waals surface area contributed by atoms with Crippen molar-refractivity contribution in [2.24, 2.45) is 0 Å². The number of rotatable bonds is 7. The van der Waals surface area contributed by atoms with Crippen molar-refractivity contribution in [3.05, 3.63) is 35.7 Å². The molecule has 1 aromatic heterocycles. The Labute approximate surface area is 118 Å². The van der Waals surface area contributed by atoms with Crippen LogP contribution in [-0.2, 0) is 6.54 Å². The molecule has 0 atom stereocenters. The highest BCUT2D eigenvalue weighted by atomic mass is 16.5. The van der Waals surface area contributed by atoms with Crippen LogP contribution in [0.2, 0.25) is 0 Å². The summed E-state index contributed by atoms with van der Waals surface area (Å²) in [5, 5.41) is 7.25. The standard InChI is InChI=1S/C15H20N2O3/c1-4-18-13-6-7-15(19-5-2)14(9-13)16-10-12-8-11(3)20-17-12/h6-9,16H,4-5,10H2,1-3H3. The van der Waals surface area contributed by atoms with Crippen LogP contribution in [0.15, 0.2) is 28.8 Å². The molecule has 108 valence electrons. The average molecular weight is 276 g/mol. The Balaban J connectivity index is 2.11. The molecule has 5 heteroatoms. The minimum atomic E-state index is 0.576. The Morgan fingerprint density at radius 3 is 2.60 bits per heavy atom. The van der Waals surface area contributed by atoms with Gasteiger partial charge in [0, 0.05) is 12.1 Å². The van der Waals surface area contributed by atoms with Gasteiger partial charge in [0.25, 0.3) is 0 Å². The van der Waals surface area contributed by atoms with Crippen LogP contribution in [0.25, 0.3) is 0 Å². The molecule has 1 aromatic carbocycles. The van der Waals surface area contributed by atoms with Crippen molar-refractivity contribution >= 4 is 5.69 Å². The van der Waals surface area contributed by atoms with Gasteiger partial charge in [-0.05, 0) is 32.9 Å². The topological polar surface area (TPSA) is 56.5 Å². The molecule has 0 saturated heterocycles. The van der Waals surface area contributed by atoms with Gasteiger partial charge in [-0.15, -0.1) is 0 Å². The highest BCUT2D eigenvalue weighted by Crippen LogP contribution is 2.29. The lowest BCUT2D eigenvalue weighted by Crippen LogP contribution is -2.03. The maximum Gasteiger partial charge on any atom is 0.142 e. The summed E-state index contributed by atoms with van der Waals surface area (Å²) in [6, 6.07) is 7.64. The SMILES string of the molecule is CCOc1ccc(OCC)c(NCc2cc(C)on2)c1.